The molecule has 0 bridgehead atoms. The van der Waals surface area contributed by atoms with Crippen LogP contribution in [-0.2, 0) is 0 Å². The van der Waals surface area contributed by atoms with Crippen molar-refractivity contribution in [1.82, 2.24) is 15.0 Å². The smallest absolute Gasteiger partial charge is 0.248 e. The first-order valence-electron chi connectivity index (χ1n) is 9.51. The van der Waals surface area contributed by atoms with Crippen molar-refractivity contribution in [3.05, 3.63) is 99.6 Å². The Hall–Kier alpha value is -4.06. The van der Waals surface area contributed by atoms with E-state index in [1.807, 2.05) is 0 Å². The van der Waals surface area contributed by atoms with Crippen molar-refractivity contribution < 1.29 is 4.39 Å². The van der Waals surface area contributed by atoms with Crippen molar-refractivity contribution in [3.8, 4) is 11.4 Å². The van der Waals surface area contributed by atoms with Gasteiger partial charge in [0.15, 0.2) is 11.5 Å². The highest BCUT2D eigenvalue weighted by Gasteiger charge is 2.16. The monoisotopic (exact) mass is 477 g/mol. The van der Waals surface area contributed by atoms with Gasteiger partial charge < -0.3 is 5.32 Å². The molecule has 3 aromatic carbocycles. The van der Waals surface area contributed by atoms with Gasteiger partial charge in [-0.2, -0.15) is 20.1 Å². The summed E-state index contributed by atoms with van der Waals surface area (Å²) in [5.41, 5.74) is 4.74. The SMILES string of the molecule is [C-]#[N+]c1ccc(/C=N/Nc2nc(Nc3ccc(Cl)cc3)nc(-c3c(F)cccc3Cl)n2)cc1. The van der Waals surface area contributed by atoms with Crippen LogP contribution in [-0.4, -0.2) is 21.2 Å². The molecule has 0 spiro atoms. The van der Waals surface area contributed by atoms with Gasteiger partial charge in [0.2, 0.25) is 11.9 Å². The fraction of sp³-hybridized carbons (Fsp3) is 0. The summed E-state index contributed by atoms with van der Waals surface area (Å²) in [6.45, 7) is 7.00. The molecule has 7 nitrogen and oxygen atoms in total. The van der Waals surface area contributed by atoms with Crippen molar-refractivity contribution in [2.45, 2.75) is 0 Å². The second kappa shape index (κ2) is 10.0. The van der Waals surface area contributed by atoms with Gasteiger partial charge in [0.05, 0.1) is 23.4 Å². The third-order valence-electron chi connectivity index (χ3n) is 4.32. The van der Waals surface area contributed by atoms with Crippen molar-refractivity contribution in [1.29, 1.82) is 0 Å². The maximum absolute atomic E-state index is 14.5. The molecule has 0 aliphatic rings. The third kappa shape index (κ3) is 5.60. The zero-order valence-electron chi connectivity index (χ0n) is 16.8. The molecule has 0 aliphatic carbocycles. The van der Waals surface area contributed by atoms with Crippen LogP contribution in [0.5, 0.6) is 0 Å². The molecule has 4 aromatic rings. The molecule has 0 saturated carbocycles. The number of anilines is 3. The summed E-state index contributed by atoms with van der Waals surface area (Å²) in [6, 6.07) is 18.1. The Morgan fingerprint density at radius 3 is 2.33 bits per heavy atom. The lowest BCUT2D eigenvalue weighted by molar-refractivity contribution is 0.630. The lowest BCUT2D eigenvalue weighted by Crippen LogP contribution is -2.06. The maximum Gasteiger partial charge on any atom is 0.248 e. The molecule has 0 fully saturated rings. The van der Waals surface area contributed by atoms with E-state index in [1.165, 1.54) is 12.1 Å². The van der Waals surface area contributed by atoms with E-state index in [-0.39, 0.29) is 28.3 Å². The molecule has 0 unspecified atom stereocenters. The Morgan fingerprint density at radius 1 is 0.909 bits per heavy atom. The van der Waals surface area contributed by atoms with Gasteiger partial charge in [-0.3, -0.25) is 0 Å². The number of nitrogens with zero attached hydrogens (tertiary/aromatic N) is 5. The molecule has 1 aromatic heterocycles. The average molecular weight is 478 g/mol. The van der Waals surface area contributed by atoms with Gasteiger partial charge in [-0.1, -0.05) is 53.5 Å². The van der Waals surface area contributed by atoms with Gasteiger partial charge in [0.25, 0.3) is 0 Å². The van der Waals surface area contributed by atoms with Crippen LogP contribution in [0.2, 0.25) is 10.0 Å². The van der Waals surface area contributed by atoms with Gasteiger partial charge in [0, 0.05) is 10.7 Å². The predicted molar refractivity (Wildman–Crippen MR) is 129 cm³/mol. The maximum atomic E-state index is 14.5. The standard InChI is InChI=1S/C23H14Cl2FN7/c1-27-16-9-5-14(6-10-16)13-28-33-23-31-21(20-18(25)3-2-4-19(20)26)30-22(32-23)29-17-11-7-15(24)8-12-17/h2-13H,(H2,29,30,31,32,33)/b28-13+. The van der Waals surface area contributed by atoms with Crippen molar-refractivity contribution in [2.75, 3.05) is 10.7 Å². The summed E-state index contributed by atoms with van der Waals surface area (Å²) in [6.07, 6.45) is 1.54. The van der Waals surface area contributed by atoms with E-state index in [2.05, 4.69) is 35.6 Å². The Morgan fingerprint density at radius 2 is 1.64 bits per heavy atom. The van der Waals surface area contributed by atoms with Gasteiger partial charge in [-0.25, -0.2) is 14.7 Å². The third-order valence-corrected chi connectivity index (χ3v) is 4.89. The summed E-state index contributed by atoms with van der Waals surface area (Å²) in [7, 11) is 0. The minimum absolute atomic E-state index is 0.0312. The zero-order valence-corrected chi connectivity index (χ0v) is 18.3. The molecule has 33 heavy (non-hydrogen) atoms. The molecule has 2 N–H and O–H groups in total. The molecular formula is C23H14Cl2FN7. The van der Waals surface area contributed by atoms with Crippen LogP contribution in [0.4, 0.5) is 27.7 Å². The molecule has 0 aliphatic heterocycles. The molecule has 162 valence electrons. The molecule has 4 rings (SSSR count). The van der Waals surface area contributed by atoms with E-state index in [1.54, 1.807) is 60.8 Å². The number of hydrogen-bond donors (Lipinski definition) is 2. The fourth-order valence-electron chi connectivity index (χ4n) is 2.77. The second-order valence-electron chi connectivity index (χ2n) is 6.61. The van der Waals surface area contributed by atoms with E-state index in [9.17, 15) is 4.39 Å². The van der Waals surface area contributed by atoms with E-state index in [0.717, 1.165) is 5.56 Å². The summed E-state index contributed by atoms with van der Waals surface area (Å²) in [5, 5.41) is 7.90. The van der Waals surface area contributed by atoms with Gasteiger partial charge in [-0.15, -0.1) is 0 Å². The number of hydrazone groups is 1. The highest BCUT2D eigenvalue weighted by molar-refractivity contribution is 6.33. The van der Waals surface area contributed by atoms with E-state index >= 15 is 0 Å². The highest BCUT2D eigenvalue weighted by atomic mass is 35.5. The van der Waals surface area contributed by atoms with E-state index in [0.29, 0.717) is 16.4 Å². The van der Waals surface area contributed by atoms with Crippen LogP contribution >= 0.6 is 23.2 Å². The topological polar surface area (TPSA) is 79.5 Å². The summed E-state index contributed by atoms with van der Waals surface area (Å²) >= 11 is 12.1. The first-order valence-corrected chi connectivity index (χ1v) is 10.3. The average Bonchev–Trinajstić information content (AvgIpc) is 2.81. The van der Waals surface area contributed by atoms with Crippen LogP contribution in [0.15, 0.2) is 71.8 Å². The zero-order chi connectivity index (χ0) is 23.2. The van der Waals surface area contributed by atoms with Crippen LogP contribution in [0, 0.1) is 12.4 Å². The molecule has 10 heteroatoms. The number of benzene rings is 3. The van der Waals surface area contributed by atoms with Gasteiger partial charge in [0.1, 0.15) is 5.82 Å². The number of nitrogens with one attached hydrogen (secondary N) is 2. The Bertz CT molecular complexity index is 1330. The normalized spacial score (nSPS) is 10.7. The number of hydrogen-bond acceptors (Lipinski definition) is 6. The lowest BCUT2D eigenvalue weighted by atomic mass is 10.2. The summed E-state index contributed by atoms with van der Waals surface area (Å²) < 4.78 is 14.5. The molecule has 0 radical (unpaired) electrons. The molecular weight excluding hydrogens is 464 g/mol. The summed E-state index contributed by atoms with van der Waals surface area (Å²) in [4.78, 5) is 16.2. The first kappa shape index (κ1) is 22.1. The van der Waals surface area contributed by atoms with Crippen LogP contribution in [0.3, 0.4) is 0 Å². The quantitative estimate of drug-likeness (QED) is 0.183. The largest absolute Gasteiger partial charge is 0.324 e. The molecule has 1 heterocycles. The van der Waals surface area contributed by atoms with Crippen molar-refractivity contribution in [2.24, 2.45) is 5.10 Å². The Kier molecular flexibility index (Phi) is 6.74. The molecule has 0 saturated heterocycles. The number of rotatable bonds is 6. The van der Waals surface area contributed by atoms with Crippen molar-refractivity contribution in [3.63, 3.8) is 0 Å². The van der Waals surface area contributed by atoms with Crippen LogP contribution in [0.25, 0.3) is 16.2 Å². The number of aromatic nitrogens is 3. The fourth-order valence-corrected chi connectivity index (χ4v) is 3.14. The minimum atomic E-state index is -0.569. The first-order chi connectivity index (χ1) is 16.0. The molecule has 0 amide bonds. The lowest BCUT2D eigenvalue weighted by Gasteiger charge is -2.10. The summed E-state index contributed by atoms with van der Waals surface area (Å²) in [5.74, 6) is -0.310. The van der Waals surface area contributed by atoms with Crippen LogP contribution in [0.1, 0.15) is 5.56 Å². The minimum Gasteiger partial charge on any atom is -0.324 e. The van der Waals surface area contributed by atoms with Crippen molar-refractivity contribution >= 4 is 52.7 Å². The number of halogens is 3. The molecule has 0 atom stereocenters. The van der Waals surface area contributed by atoms with E-state index in [4.69, 9.17) is 29.8 Å². The van der Waals surface area contributed by atoms with Gasteiger partial charge in [-0.05, 0) is 42.0 Å². The Balaban J connectivity index is 1.66. The van der Waals surface area contributed by atoms with Gasteiger partial charge >= 0.3 is 0 Å². The van der Waals surface area contributed by atoms with Crippen LogP contribution < -0.4 is 10.7 Å². The van der Waals surface area contributed by atoms with E-state index < -0.39 is 5.82 Å². The second-order valence-corrected chi connectivity index (χ2v) is 7.45. The Labute approximate surface area is 198 Å². The highest BCUT2D eigenvalue weighted by Crippen LogP contribution is 2.29. The predicted octanol–water partition coefficient (Wildman–Crippen LogP) is 6.72.